The summed E-state index contributed by atoms with van der Waals surface area (Å²) in [6.45, 7) is 6.31. The van der Waals surface area contributed by atoms with Crippen LogP contribution in [0.25, 0.3) is 0 Å². The van der Waals surface area contributed by atoms with E-state index in [1.54, 1.807) is 4.90 Å². The number of anilines is 1. The maximum Gasteiger partial charge on any atom is 0.306 e. The Bertz CT molecular complexity index is 908. The van der Waals surface area contributed by atoms with Crippen molar-refractivity contribution in [1.82, 2.24) is 0 Å². The first-order valence-electron chi connectivity index (χ1n) is 9.61. The number of ether oxygens (including phenoxy) is 2. The summed E-state index contributed by atoms with van der Waals surface area (Å²) in [5.41, 5.74) is 2.83. The molecule has 1 heterocycles. The van der Waals surface area contributed by atoms with E-state index < -0.39 is 0 Å². The van der Waals surface area contributed by atoms with Gasteiger partial charge in [0, 0.05) is 16.3 Å². The smallest absolute Gasteiger partial charge is 0.306 e. The highest BCUT2D eigenvalue weighted by Gasteiger charge is 2.36. The second-order valence-corrected chi connectivity index (χ2v) is 8.98. The summed E-state index contributed by atoms with van der Waals surface area (Å²) >= 11 is 3.53. The Morgan fingerprint density at radius 2 is 1.90 bits per heavy atom. The summed E-state index contributed by atoms with van der Waals surface area (Å²) in [6.07, 6.45) is 0.769. The Hall–Kier alpha value is -2.34. The highest BCUT2D eigenvalue weighted by atomic mass is 79.9. The average molecular weight is 460 g/mol. The molecular formula is C23H26BrNO4. The van der Waals surface area contributed by atoms with Gasteiger partial charge in [0.25, 0.3) is 0 Å². The second kappa shape index (κ2) is 8.57. The van der Waals surface area contributed by atoms with Gasteiger partial charge in [-0.05, 0) is 47.4 Å². The Kier molecular flexibility index (Phi) is 6.32. The lowest BCUT2D eigenvalue weighted by Gasteiger charge is -2.38. The molecule has 29 heavy (non-hydrogen) atoms. The molecule has 0 N–H and O–H groups in total. The van der Waals surface area contributed by atoms with Crippen LogP contribution in [0.5, 0.6) is 5.75 Å². The van der Waals surface area contributed by atoms with Gasteiger partial charge in [-0.1, -0.05) is 48.8 Å². The molecule has 0 aromatic heterocycles. The van der Waals surface area contributed by atoms with Gasteiger partial charge >= 0.3 is 5.97 Å². The molecule has 1 aliphatic rings. The van der Waals surface area contributed by atoms with E-state index in [9.17, 15) is 9.59 Å². The van der Waals surface area contributed by atoms with E-state index in [2.05, 4.69) is 35.8 Å². The van der Waals surface area contributed by atoms with Gasteiger partial charge < -0.3 is 9.47 Å². The summed E-state index contributed by atoms with van der Waals surface area (Å²) in [6, 6.07) is 13.6. The molecule has 1 aliphatic heterocycles. The lowest BCUT2D eigenvalue weighted by Crippen LogP contribution is -2.43. The van der Waals surface area contributed by atoms with Crippen LogP contribution in [-0.4, -0.2) is 25.7 Å². The summed E-state index contributed by atoms with van der Waals surface area (Å²) in [5, 5.41) is 0. The summed E-state index contributed by atoms with van der Waals surface area (Å²) < 4.78 is 11.6. The number of benzene rings is 2. The maximum absolute atomic E-state index is 12.7. The molecule has 5 nitrogen and oxygen atoms in total. The molecule has 0 saturated carbocycles. The number of fused-ring (bicyclic) bond motifs is 1. The van der Waals surface area contributed by atoms with Crippen LogP contribution < -0.4 is 9.64 Å². The molecule has 1 unspecified atom stereocenters. The first kappa shape index (κ1) is 21.4. The van der Waals surface area contributed by atoms with E-state index in [0.29, 0.717) is 18.6 Å². The highest BCUT2D eigenvalue weighted by molar-refractivity contribution is 9.10. The number of hydrogen-bond acceptors (Lipinski definition) is 4. The fourth-order valence-electron chi connectivity index (χ4n) is 3.61. The van der Waals surface area contributed by atoms with Crippen molar-refractivity contribution in [3.8, 4) is 5.75 Å². The van der Waals surface area contributed by atoms with Gasteiger partial charge in [-0.3, -0.25) is 14.5 Å². The van der Waals surface area contributed by atoms with Gasteiger partial charge in [-0.15, -0.1) is 0 Å². The van der Waals surface area contributed by atoms with E-state index >= 15 is 0 Å². The van der Waals surface area contributed by atoms with E-state index in [0.717, 1.165) is 21.3 Å². The molecule has 6 heteroatoms. The maximum atomic E-state index is 12.7. The number of methoxy groups -OCH3 is 1. The first-order valence-corrected chi connectivity index (χ1v) is 10.4. The zero-order chi connectivity index (χ0) is 21.2. The molecule has 2 aromatic rings. The van der Waals surface area contributed by atoms with Gasteiger partial charge in [0.1, 0.15) is 5.75 Å². The molecule has 0 radical (unpaired) electrons. The molecule has 0 aliphatic carbocycles. The second-order valence-electron chi connectivity index (χ2n) is 8.07. The molecule has 1 amide bonds. The third-order valence-corrected chi connectivity index (χ3v) is 5.88. The van der Waals surface area contributed by atoms with E-state index in [-0.39, 0.29) is 29.9 Å². The van der Waals surface area contributed by atoms with Gasteiger partial charge in [0.2, 0.25) is 5.91 Å². The lowest BCUT2D eigenvalue weighted by atomic mass is 9.77. The molecule has 0 fully saturated rings. The molecular weight excluding hydrogens is 434 g/mol. The Balaban J connectivity index is 1.71. The number of nitrogens with zero attached hydrogens (tertiary/aromatic N) is 1. The van der Waals surface area contributed by atoms with Crippen LogP contribution in [0.2, 0.25) is 0 Å². The van der Waals surface area contributed by atoms with Gasteiger partial charge in [0.15, 0.2) is 6.73 Å². The number of carbonyl (C=O) groups is 2. The quantitative estimate of drug-likeness (QED) is 0.559. The van der Waals surface area contributed by atoms with Crippen LogP contribution in [-0.2, 0) is 19.7 Å². The van der Waals surface area contributed by atoms with E-state index in [1.807, 2.05) is 43.3 Å². The normalized spacial score (nSPS) is 16.2. The fourth-order valence-corrected chi connectivity index (χ4v) is 3.97. The molecule has 3 rings (SSSR count). The lowest BCUT2D eigenvalue weighted by molar-refractivity contribution is -0.141. The molecule has 1 atom stereocenters. The highest BCUT2D eigenvalue weighted by Crippen LogP contribution is 2.41. The average Bonchev–Trinajstić information content (AvgIpc) is 2.68. The molecule has 2 aromatic carbocycles. The predicted octanol–water partition coefficient (Wildman–Crippen LogP) is 5.17. The number of hydrogen-bond donors (Lipinski definition) is 0. The van der Waals surface area contributed by atoms with Crippen LogP contribution >= 0.6 is 15.9 Å². The summed E-state index contributed by atoms with van der Waals surface area (Å²) in [5.74, 6) is 0.561. The molecule has 0 bridgehead atoms. The number of rotatable bonds is 6. The molecule has 0 spiro atoms. The number of carbonyl (C=O) groups excluding carboxylic acids is 2. The Morgan fingerprint density at radius 3 is 2.55 bits per heavy atom. The zero-order valence-electron chi connectivity index (χ0n) is 17.2. The number of esters is 1. The minimum atomic E-state index is -0.227. The largest absolute Gasteiger partial charge is 0.473 e. The minimum Gasteiger partial charge on any atom is -0.473 e. The predicted molar refractivity (Wildman–Crippen MR) is 116 cm³/mol. The SMILES string of the molecule is COC(=O)CC(C)c1ccc(OCN2C(=O)CC(C)(C)c3cc(Br)ccc32)cc1. The van der Waals surface area contributed by atoms with Crippen LogP contribution in [0.15, 0.2) is 46.9 Å². The topological polar surface area (TPSA) is 55.8 Å². The van der Waals surface area contributed by atoms with Crippen molar-refractivity contribution in [3.05, 3.63) is 58.1 Å². The molecule has 154 valence electrons. The summed E-state index contributed by atoms with van der Waals surface area (Å²) in [4.78, 5) is 25.9. The van der Waals surface area contributed by atoms with E-state index in [1.165, 1.54) is 7.11 Å². The van der Waals surface area contributed by atoms with E-state index in [4.69, 9.17) is 9.47 Å². The Labute approximate surface area is 180 Å². The van der Waals surface area contributed by atoms with Crippen molar-refractivity contribution >= 4 is 33.5 Å². The van der Waals surface area contributed by atoms with Gasteiger partial charge in [-0.2, -0.15) is 0 Å². The minimum absolute atomic E-state index is 0.0492. The van der Waals surface area contributed by atoms with Crippen molar-refractivity contribution in [1.29, 1.82) is 0 Å². The van der Waals surface area contributed by atoms with Crippen molar-refractivity contribution in [3.63, 3.8) is 0 Å². The number of amides is 1. The first-order chi connectivity index (χ1) is 13.7. The van der Waals surface area contributed by atoms with Crippen molar-refractivity contribution in [2.45, 2.75) is 44.9 Å². The monoisotopic (exact) mass is 459 g/mol. The van der Waals surface area contributed by atoms with Crippen LogP contribution in [0, 0.1) is 0 Å². The van der Waals surface area contributed by atoms with Crippen molar-refractivity contribution in [2.75, 3.05) is 18.7 Å². The standard InChI is InChI=1S/C23H26BrNO4/c1-15(11-22(27)28-4)16-5-8-18(9-6-16)29-14-25-20-10-7-17(24)12-19(20)23(2,3)13-21(25)26/h5-10,12,15H,11,13-14H2,1-4H3. The number of halogens is 1. The summed E-state index contributed by atoms with van der Waals surface area (Å²) in [7, 11) is 1.39. The zero-order valence-corrected chi connectivity index (χ0v) is 18.8. The Morgan fingerprint density at radius 1 is 1.21 bits per heavy atom. The van der Waals surface area contributed by atoms with Crippen LogP contribution in [0.4, 0.5) is 5.69 Å². The third kappa shape index (κ3) is 4.81. The van der Waals surface area contributed by atoms with Gasteiger partial charge in [0.05, 0.1) is 19.2 Å². The van der Waals surface area contributed by atoms with Crippen LogP contribution in [0.3, 0.4) is 0 Å². The van der Waals surface area contributed by atoms with Crippen molar-refractivity contribution in [2.24, 2.45) is 0 Å². The third-order valence-electron chi connectivity index (χ3n) is 5.38. The van der Waals surface area contributed by atoms with Gasteiger partial charge in [-0.25, -0.2) is 0 Å². The van der Waals surface area contributed by atoms with Crippen LogP contribution in [0.1, 0.15) is 50.7 Å². The van der Waals surface area contributed by atoms with Crippen molar-refractivity contribution < 1.29 is 19.1 Å². The molecule has 0 saturated heterocycles. The fraction of sp³-hybridized carbons (Fsp3) is 0.391.